The van der Waals surface area contributed by atoms with Crippen LogP contribution in [0.5, 0.6) is 138 Å². The maximum absolute atomic E-state index is 14.9. The second-order valence-corrected chi connectivity index (χ2v) is 22.4. The number of fused-ring (bicyclic) bond motifs is 3. The molecule has 21 N–H and O–H groups in total. The lowest BCUT2D eigenvalue weighted by Crippen LogP contribution is -2.42. The van der Waals surface area contributed by atoms with Gasteiger partial charge in [-0.25, -0.2) is 14.4 Å². The first kappa shape index (κ1) is 62.8. The number of hydrogen-bond acceptors (Lipinski definition) is 30. The summed E-state index contributed by atoms with van der Waals surface area (Å²) in [4.78, 5) is 43.7. The number of carbonyl (C=O) groups excluding carboxylic acids is 3. The van der Waals surface area contributed by atoms with Gasteiger partial charge in [-0.3, -0.25) is 0 Å². The quantitative estimate of drug-likeness (QED) is 0.0341. The molecular formula is C66H50O30. The first-order valence-corrected chi connectivity index (χ1v) is 28.1. The molecule has 3 aliphatic rings. The summed E-state index contributed by atoms with van der Waals surface area (Å²) in [5.74, 6) is -30.4. The third kappa shape index (κ3) is 10.8. The van der Waals surface area contributed by atoms with Crippen LogP contribution in [0.25, 0.3) is 0 Å². The van der Waals surface area contributed by atoms with Crippen LogP contribution in [0, 0.1) is 0 Å². The third-order valence-electron chi connectivity index (χ3n) is 16.4. The van der Waals surface area contributed by atoms with Crippen LogP contribution in [0.15, 0.2) is 115 Å². The van der Waals surface area contributed by atoms with Crippen LogP contribution in [0.3, 0.4) is 0 Å². The van der Waals surface area contributed by atoms with Gasteiger partial charge in [-0.05, 0) is 72.8 Å². The smallest absolute Gasteiger partial charge is 0.338 e. The van der Waals surface area contributed by atoms with Gasteiger partial charge < -0.3 is 136 Å². The molecule has 30 nitrogen and oxygen atoms in total. The maximum atomic E-state index is 14.9. The molecular weight excluding hydrogens is 1270 g/mol. The lowest BCUT2D eigenvalue weighted by atomic mass is 9.73. The molecule has 0 amide bonds. The predicted octanol–water partition coefficient (Wildman–Crippen LogP) is 7.39. The predicted molar refractivity (Wildman–Crippen MR) is 318 cm³/mol. The molecule has 0 aromatic heterocycles. The molecule has 0 aliphatic carbocycles. The molecule has 30 heteroatoms. The van der Waals surface area contributed by atoms with E-state index >= 15 is 0 Å². The summed E-state index contributed by atoms with van der Waals surface area (Å²) in [6.07, 6.45) is -12.7. The standard InChI is InChI=1S/C66H50O30/c67-27-16-36(75)48-46(17-27)91-58(22-2-5-30(69)34(73)8-22)62(95-65(89)25-12-42(81)55(86)43(82)13-25)52(48)50-38(77)20-39(78)51-53(63(96-66(90)26-14-44(83)56(87)45(84)15-26)59(94-61(50)51)23-3-6-31(70)35(74)9-23)49-37(76)19-32(71)28-18-47(92-64(88)24-10-40(79)54(85)41(80)11-24)57(93-60(28)49)21-1-4-29(68)33(72)7-21/h1-17,19-20,47,52-53,57-59,62-63,67-87H,18H2/t47-,52-,53-,57-,58-,59+,62-,63+/m1/s1. The Balaban J connectivity index is 1.16. The van der Waals surface area contributed by atoms with Crippen molar-refractivity contribution in [3.8, 4) is 138 Å². The van der Waals surface area contributed by atoms with Gasteiger partial charge in [-0.1, -0.05) is 18.2 Å². The number of phenols is 21. The van der Waals surface area contributed by atoms with E-state index in [4.69, 9.17) is 28.4 Å². The van der Waals surface area contributed by atoms with Crippen molar-refractivity contribution in [1.29, 1.82) is 0 Å². The summed E-state index contributed by atoms with van der Waals surface area (Å²) in [5, 5.41) is 232. The van der Waals surface area contributed by atoms with Crippen LogP contribution in [0.2, 0.25) is 0 Å². The molecule has 96 heavy (non-hydrogen) atoms. The SMILES string of the molecule is O=C(O[C@@H]1[C@@H](c2c(O)cc(O)c3c2O[C@@H](c2ccc(O)c(O)c2)[C@@H](OC(=O)c2cc(O)c(O)c(O)c2)[C@@H]3c2c(O)cc(O)c3c2O[C@H](c2ccc(O)c(O)c2)[C@H](OC(=O)c2cc(O)c(O)c(O)c2)C3)c2c(O)cc(O)cc2O[C@@H]1c1ccc(O)c(O)c1)c1cc(O)c(O)c(O)c1. The molecule has 12 rings (SSSR count). The highest BCUT2D eigenvalue weighted by Gasteiger charge is 2.54. The number of ether oxygens (including phenoxy) is 6. The van der Waals surface area contributed by atoms with Gasteiger partial charge in [0, 0.05) is 75.2 Å². The Kier molecular flexibility index (Phi) is 15.3. The number of phenolic OH excluding ortho intramolecular Hbond substituents is 21. The van der Waals surface area contributed by atoms with Crippen molar-refractivity contribution >= 4 is 17.9 Å². The number of benzene rings is 9. The van der Waals surface area contributed by atoms with Crippen molar-refractivity contribution in [1.82, 2.24) is 0 Å². The lowest BCUT2D eigenvalue weighted by molar-refractivity contribution is -0.0345. The number of carbonyl (C=O) groups is 3. The van der Waals surface area contributed by atoms with Crippen molar-refractivity contribution in [3.05, 3.63) is 176 Å². The van der Waals surface area contributed by atoms with Gasteiger partial charge in [0.15, 0.2) is 117 Å². The molecule has 9 aromatic carbocycles. The van der Waals surface area contributed by atoms with Gasteiger partial charge in [0.1, 0.15) is 57.8 Å². The van der Waals surface area contributed by atoms with E-state index in [-0.39, 0.29) is 16.7 Å². The van der Waals surface area contributed by atoms with Gasteiger partial charge in [0.25, 0.3) is 0 Å². The lowest BCUT2D eigenvalue weighted by Gasteiger charge is -2.44. The number of esters is 3. The number of aromatic hydroxyl groups is 21. The third-order valence-corrected chi connectivity index (χ3v) is 16.4. The molecule has 3 heterocycles. The summed E-state index contributed by atoms with van der Waals surface area (Å²) < 4.78 is 38.4. The summed E-state index contributed by atoms with van der Waals surface area (Å²) in [7, 11) is 0. The molecule has 0 saturated carbocycles. The first-order chi connectivity index (χ1) is 45.5. The molecule has 0 radical (unpaired) electrons. The minimum atomic E-state index is -2.27. The summed E-state index contributed by atoms with van der Waals surface area (Å²) in [6.45, 7) is 0. The topological polar surface area (TPSA) is 531 Å². The Morgan fingerprint density at radius 1 is 0.312 bits per heavy atom. The fourth-order valence-electron chi connectivity index (χ4n) is 12.0. The van der Waals surface area contributed by atoms with Crippen LogP contribution in [-0.2, 0) is 20.6 Å². The number of rotatable bonds is 11. The van der Waals surface area contributed by atoms with Crippen molar-refractivity contribution in [2.75, 3.05) is 0 Å². The summed E-state index contributed by atoms with van der Waals surface area (Å²) >= 11 is 0. The van der Waals surface area contributed by atoms with E-state index in [2.05, 4.69) is 0 Å². The molecule has 0 unspecified atom stereocenters. The molecule has 0 bridgehead atoms. The van der Waals surface area contributed by atoms with E-state index in [1.54, 1.807) is 0 Å². The van der Waals surface area contributed by atoms with E-state index in [1.165, 1.54) is 6.07 Å². The highest BCUT2D eigenvalue weighted by molar-refractivity contribution is 5.93. The zero-order chi connectivity index (χ0) is 68.9. The second kappa shape index (κ2) is 23.4. The average molecular weight is 1320 g/mol. The minimum Gasteiger partial charge on any atom is -0.508 e. The van der Waals surface area contributed by atoms with Crippen LogP contribution >= 0.6 is 0 Å². The highest BCUT2D eigenvalue weighted by atomic mass is 16.6. The fraction of sp³-hybridized carbons (Fsp3) is 0.136. The zero-order valence-electron chi connectivity index (χ0n) is 48.4. The molecule has 8 atom stereocenters. The van der Waals surface area contributed by atoms with Crippen molar-refractivity contribution in [2.45, 2.75) is 54.9 Å². The van der Waals surface area contributed by atoms with E-state index in [0.717, 1.165) is 72.8 Å². The van der Waals surface area contributed by atoms with Crippen LogP contribution in [0.1, 0.15) is 106 Å². The van der Waals surface area contributed by atoms with Crippen LogP contribution < -0.4 is 14.2 Å². The van der Waals surface area contributed by atoms with Gasteiger partial charge in [-0.2, -0.15) is 0 Å². The Morgan fingerprint density at radius 3 is 1.07 bits per heavy atom. The maximum Gasteiger partial charge on any atom is 0.338 e. The highest BCUT2D eigenvalue weighted by Crippen LogP contribution is 2.64. The molecule has 494 valence electrons. The van der Waals surface area contributed by atoms with Crippen molar-refractivity contribution in [2.24, 2.45) is 0 Å². The molecule has 9 aromatic rings. The molecule has 0 fully saturated rings. The molecule has 3 aliphatic heterocycles. The average Bonchev–Trinajstić information content (AvgIpc) is 0.708. The Hall–Kier alpha value is -13.4. The Morgan fingerprint density at radius 2 is 0.656 bits per heavy atom. The minimum absolute atomic E-state index is 0.160. The van der Waals surface area contributed by atoms with Gasteiger partial charge in [-0.15, -0.1) is 0 Å². The van der Waals surface area contributed by atoms with Crippen molar-refractivity contribution < 1.29 is 150 Å². The van der Waals surface area contributed by atoms with E-state index in [0.29, 0.717) is 36.4 Å². The summed E-state index contributed by atoms with van der Waals surface area (Å²) in [6, 6.07) is 16.1. The zero-order valence-corrected chi connectivity index (χ0v) is 48.4. The Labute approximate surface area is 535 Å². The number of hydrogen-bond donors (Lipinski definition) is 21. The van der Waals surface area contributed by atoms with Gasteiger partial charge in [0.2, 0.25) is 0 Å². The van der Waals surface area contributed by atoms with Gasteiger partial charge >= 0.3 is 17.9 Å². The first-order valence-electron chi connectivity index (χ1n) is 28.1. The normalized spacial score (nSPS) is 19.2. The van der Waals surface area contributed by atoms with Gasteiger partial charge in [0.05, 0.1) is 28.5 Å². The molecule has 0 saturated heterocycles. The monoisotopic (exact) mass is 1320 g/mol. The summed E-state index contributed by atoms with van der Waals surface area (Å²) in [5.41, 5.74) is -5.75. The van der Waals surface area contributed by atoms with Crippen molar-refractivity contribution in [3.63, 3.8) is 0 Å². The van der Waals surface area contributed by atoms with E-state index in [9.17, 15) is 122 Å². The molecule has 0 spiro atoms. The Bertz CT molecular complexity index is 4680. The van der Waals surface area contributed by atoms with E-state index < -0.39 is 255 Å². The second-order valence-electron chi connectivity index (χ2n) is 22.4. The van der Waals surface area contributed by atoms with E-state index in [1.807, 2.05) is 0 Å². The largest absolute Gasteiger partial charge is 0.508 e. The fourth-order valence-corrected chi connectivity index (χ4v) is 12.0. The van der Waals surface area contributed by atoms with Crippen LogP contribution in [-0.4, -0.2) is 143 Å². The van der Waals surface area contributed by atoms with Crippen LogP contribution in [0.4, 0.5) is 0 Å².